The third kappa shape index (κ3) is 8.42. The zero-order valence-corrected chi connectivity index (χ0v) is 19.6. The van der Waals surface area contributed by atoms with Crippen LogP contribution in [0.25, 0.3) is 0 Å². The number of carbonyl (C=O) groups is 2. The Hall–Kier alpha value is -3.36. The molecule has 8 heteroatoms. The Morgan fingerprint density at radius 3 is 2.40 bits per heavy atom. The standard InChI is InChI=1S/C27H30F2N2O4/c1-2-18-5-3-6-19(11-18)16-30-17-25(33)23(14-20-12-21(28)15-22(29)13-20)31-27(34)9-8-24(32)26-7-4-10-35-26/h3-7,10-13,15,23,25,30,33H,2,8-9,14,16-17H2,1H3,(H,31,34). The SMILES string of the molecule is CCc1cccc(CNCC(O)C(Cc2cc(F)cc(F)c2)NC(=O)CCC(=O)c2ccco2)c1. The number of furan rings is 1. The van der Waals surface area contributed by atoms with Crippen LogP contribution in [0.4, 0.5) is 8.78 Å². The number of halogens is 2. The van der Waals surface area contributed by atoms with Crippen molar-refractivity contribution >= 4 is 11.7 Å². The summed E-state index contributed by atoms with van der Waals surface area (Å²) in [6.45, 7) is 2.73. The number of aliphatic hydroxyl groups is 1. The lowest BCUT2D eigenvalue weighted by Gasteiger charge is -2.25. The van der Waals surface area contributed by atoms with E-state index in [0.717, 1.165) is 18.1 Å². The molecule has 2 unspecified atom stereocenters. The lowest BCUT2D eigenvalue weighted by Crippen LogP contribution is -2.48. The Morgan fingerprint density at radius 2 is 1.71 bits per heavy atom. The molecule has 0 bridgehead atoms. The van der Waals surface area contributed by atoms with E-state index in [4.69, 9.17) is 4.42 Å². The van der Waals surface area contributed by atoms with Gasteiger partial charge in [0.1, 0.15) is 11.6 Å². The zero-order valence-electron chi connectivity index (χ0n) is 19.6. The number of Topliss-reactive ketones (excluding diaryl/α,β-unsaturated/α-hetero) is 1. The highest BCUT2D eigenvalue weighted by Crippen LogP contribution is 2.13. The Labute approximate surface area is 203 Å². The molecular formula is C27H30F2N2O4. The Morgan fingerprint density at radius 1 is 0.971 bits per heavy atom. The number of rotatable bonds is 13. The van der Waals surface area contributed by atoms with Gasteiger partial charge in [-0.2, -0.15) is 0 Å². The van der Waals surface area contributed by atoms with E-state index in [-0.39, 0.29) is 37.4 Å². The summed E-state index contributed by atoms with van der Waals surface area (Å²) in [6, 6.07) is 13.4. The van der Waals surface area contributed by atoms with Gasteiger partial charge in [0.05, 0.1) is 18.4 Å². The molecule has 3 N–H and O–H groups in total. The fraction of sp³-hybridized carbons (Fsp3) is 0.333. The first-order valence-electron chi connectivity index (χ1n) is 11.6. The molecule has 0 aliphatic heterocycles. The van der Waals surface area contributed by atoms with Crippen molar-refractivity contribution < 1.29 is 27.9 Å². The van der Waals surface area contributed by atoms with Crippen molar-refractivity contribution in [2.24, 2.45) is 0 Å². The summed E-state index contributed by atoms with van der Waals surface area (Å²) in [5.74, 6) is -2.08. The van der Waals surface area contributed by atoms with Gasteiger partial charge in [-0.05, 0) is 53.8 Å². The molecule has 2 atom stereocenters. The first kappa shape index (κ1) is 26.2. The predicted molar refractivity (Wildman–Crippen MR) is 128 cm³/mol. The second-order valence-electron chi connectivity index (χ2n) is 8.43. The van der Waals surface area contributed by atoms with Gasteiger partial charge in [0.15, 0.2) is 11.5 Å². The van der Waals surface area contributed by atoms with Crippen LogP contribution >= 0.6 is 0 Å². The highest BCUT2D eigenvalue weighted by molar-refractivity contribution is 5.95. The minimum atomic E-state index is -1.04. The van der Waals surface area contributed by atoms with E-state index in [1.165, 1.54) is 30.0 Å². The predicted octanol–water partition coefficient (Wildman–Crippen LogP) is 3.96. The molecule has 3 rings (SSSR count). The van der Waals surface area contributed by atoms with Crippen LogP contribution in [0, 0.1) is 11.6 Å². The molecule has 1 heterocycles. The summed E-state index contributed by atoms with van der Waals surface area (Å²) < 4.78 is 32.4. The first-order valence-corrected chi connectivity index (χ1v) is 11.6. The second kappa shape index (κ2) is 12.9. The van der Waals surface area contributed by atoms with Crippen molar-refractivity contribution in [1.29, 1.82) is 0 Å². The van der Waals surface area contributed by atoms with Crippen molar-refractivity contribution in [2.75, 3.05) is 6.54 Å². The van der Waals surface area contributed by atoms with Crippen molar-refractivity contribution in [1.82, 2.24) is 10.6 Å². The van der Waals surface area contributed by atoms with Gasteiger partial charge in [-0.3, -0.25) is 9.59 Å². The Balaban J connectivity index is 1.61. The van der Waals surface area contributed by atoms with Gasteiger partial charge in [0.2, 0.25) is 5.91 Å². The van der Waals surface area contributed by atoms with E-state index in [9.17, 15) is 23.5 Å². The molecule has 0 aliphatic carbocycles. The van der Waals surface area contributed by atoms with Gasteiger partial charge in [0.25, 0.3) is 0 Å². The summed E-state index contributed by atoms with van der Waals surface area (Å²) in [4.78, 5) is 24.6. The molecule has 0 saturated carbocycles. The van der Waals surface area contributed by atoms with Crippen LogP contribution in [-0.2, 0) is 24.2 Å². The van der Waals surface area contributed by atoms with Crippen LogP contribution in [0.5, 0.6) is 0 Å². The van der Waals surface area contributed by atoms with Gasteiger partial charge in [0, 0.05) is 32.0 Å². The summed E-state index contributed by atoms with van der Waals surface area (Å²) in [5.41, 5.74) is 2.56. The average molecular weight is 485 g/mol. The zero-order chi connectivity index (χ0) is 25.2. The molecule has 0 aliphatic rings. The van der Waals surface area contributed by atoms with Crippen LogP contribution in [0.3, 0.4) is 0 Å². The van der Waals surface area contributed by atoms with Crippen LogP contribution in [0.15, 0.2) is 65.3 Å². The number of benzene rings is 2. The highest BCUT2D eigenvalue weighted by Gasteiger charge is 2.23. The molecule has 1 aromatic heterocycles. The van der Waals surface area contributed by atoms with Crippen LogP contribution in [0.1, 0.15) is 47.0 Å². The molecule has 35 heavy (non-hydrogen) atoms. The lowest BCUT2D eigenvalue weighted by atomic mass is 10.00. The molecule has 0 saturated heterocycles. The summed E-state index contributed by atoms with van der Waals surface area (Å²) >= 11 is 0. The smallest absolute Gasteiger partial charge is 0.220 e. The summed E-state index contributed by atoms with van der Waals surface area (Å²) in [6.07, 6.45) is 1.09. The molecule has 2 aromatic carbocycles. The fourth-order valence-corrected chi connectivity index (χ4v) is 3.80. The van der Waals surface area contributed by atoms with E-state index >= 15 is 0 Å². The van der Waals surface area contributed by atoms with Gasteiger partial charge in [-0.1, -0.05) is 31.2 Å². The van der Waals surface area contributed by atoms with Crippen LogP contribution in [0.2, 0.25) is 0 Å². The minimum absolute atomic E-state index is 0.0146. The van der Waals surface area contributed by atoms with Gasteiger partial charge in [-0.25, -0.2) is 8.78 Å². The number of aliphatic hydroxyl groups excluding tert-OH is 1. The lowest BCUT2D eigenvalue weighted by molar-refractivity contribution is -0.122. The summed E-state index contributed by atoms with van der Waals surface area (Å²) in [7, 11) is 0. The van der Waals surface area contributed by atoms with E-state index in [1.807, 2.05) is 18.2 Å². The van der Waals surface area contributed by atoms with E-state index in [2.05, 4.69) is 23.6 Å². The molecule has 0 spiro atoms. The number of aryl methyl sites for hydroxylation is 1. The molecule has 6 nitrogen and oxygen atoms in total. The maximum Gasteiger partial charge on any atom is 0.220 e. The Bertz CT molecular complexity index is 1100. The van der Waals surface area contributed by atoms with Gasteiger partial charge < -0.3 is 20.2 Å². The molecule has 3 aromatic rings. The normalized spacial score (nSPS) is 12.8. The van der Waals surface area contributed by atoms with Crippen molar-refractivity contribution in [3.63, 3.8) is 0 Å². The van der Waals surface area contributed by atoms with Crippen molar-refractivity contribution in [3.8, 4) is 0 Å². The number of hydrogen-bond acceptors (Lipinski definition) is 5. The number of ketones is 1. The second-order valence-corrected chi connectivity index (χ2v) is 8.43. The third-order valence-electron chi connectivity index (χ3n) is 5.65. The van der Waals surface area contributed by atoms with E-state index in [1.54, 1.807) is 6.07 Å². The first-order chi connectivity index (χ1) is 16.8. The average Bonchev–Trinajstić information content (AvgIpc) is 3.37. The quantitative estimate of drug-likeness (QED) is 0.320. The van der Waals surface area contributed by atoms with Crippen molar-refractivity contribution in [2.45, 2.75) is 51.3 Å². The minimum Gasteiger partial charge on any atom is -0.461 e. The monoisotopic (exact) mass is 484 g/mol. The fourth-order valence-electron chi connectivity index (χ4n) is 3.80. The molecule has 0 radical (unpaired) electrons. The van der Waals surface area contributed by atoms with E-state index in [0.29, 0.717) is 12.1 Å². The largest absolute Gasteiger partial charge is 0.461 e. The van der Waals surface area contributed by atoms with Gasteiger partial charge in [-0.15, -0.1) is 0 Å². The highest BCUT2D eigenvalue weighted by atomic mass is 19.1. The maximum absolute atomic E-state index is 13.7. The van der Waals surface area contributed by atoms with Crippen LogP contribution < -0.4 is 10.6 Å². The number of nitrogens with one attached hydrogen (secondary N) is 2. The van der Waals surface area contributed by atoms with Gasteiger partial charge >= 0.3 is 0 Å². The van der Waals surface area contributed by atoms with E-state index < -0.39 is 29.7 Å². The topological polar surface area (TPSA) is 91.6 Å². The number of hydrogen-bond donors (Lipinski definition) is 3. The molecule has 1 amide bonds. The van der Waals surface area contributed by atoms with Crippen LogP contribution in [-0.4, -0.2) is 35.5 Å². The molecule has 0 fully saturated rings. The summed E-state index contributed by atoms with van der Waals surface area (Å²) in [5, 5.41) is 16.7. The maximum atomic E-state index is 13.7. The third-order valence-corrected chi connectivity index (χ3v) is 5.65. The van der Waals surface area contributed by atoms with Crippen molar-refractivity contribution in [3.05, 3.63) is 94.9 Å². The molecule has 186 valence electrons. The number of amides is 1. The Kier molecular flexibility index (Phi) is 9.69. The number of carbonyl (C=O) groups excluding carboxylic acids is 2. The molecular weight excluding hydrogens is 454 g/mol.